The lowest BCUT2D eigenvalue weighted by Gasteiger charge is -2.52. The van der Waals surface area contributed by atoms with Crippen LogP contribution < -0.4 is 25.5 Å². The van der Waals surface area contributed by atoms with Crippen LogP contribution in [0, 0.1) is 6.92 Å². The van der Waals surface area contributed by atoms with Gasteiger partial charge in [-0.3, -0.25) is 0 Å². The first kappa shape index (κ1) is 37.0. The van der Waals surface area contributed by atoms with E-state index in [9.17, 15) is 0 Å². The van der Waals surface area contributed by atoms with E-state index in [2.05, 4.69) is 193 Å². The maximum absolute atomic E-state index is 2.88. The highest BCUT2D eigenvalue weighted by atomic mass is 32.1. The van der Waals surface area contributed by atoms with Gasteiger partial charge in [0.25, 0.3) is 6.71 Å². The van der Waals surface area contributed by atoms with Crippen LogP contribution >= 0.6 is 11.3 Å². The zero-order valence-electron chi connectivity index (χ0n) is 36.3. The Bertz CT molecular complexity index is 2860. The number of benzene rings is 6. The molecule has 1 aromatic heterocycles. The zero-order chi connectivity index (χ0) is 40.8. The number of anilines is 5. The van der Waals surface area contributed by atoms with Crippen molar-refractivity contribution < 1.29 is 0 Å². The van der Waals surface area contributed by atoms with Crippen LogP contribution in [0.3, 0.4) is 0 Å². The number of fused-ring (bicyclic) bond motifs is 9. The average molecular weight is 787 g/mol. The minimum Gasteiger partial charge on any atom is -0.335 e. The Hall–Kier alpha value is -5.06. The fraction of sp³-hybridized carbons (Fsp3) is 0.309. The largest absolute Gasteiger partial charge is 0.335 e. The van der Waals surface area contributed by atoms with Crippen molar-refractivity contribution in [1.29, 1.82) is 0 Å². The molecule has 2 nitrogen and oxygen atoms in total. The molecule has 0 spiro atoms. The second-order valence-electron chi connectivity index (χ2n) is 20.6. The van der Waals surface area contributed by atoms with Gasteiger partial charge in [0.1, 0.15) is 0 Å². The van der Waals surface area contributed by atoms with E-state index < -0.39 is 0 Å². The van der Waals surface area contributed by atoms with Gasteiger partial charge in [0, 0.05) is 42.9 Å². The third-order valence-electron chi connectivity index (χ3n) is 14.9. The molecule has 2 atom stereocenters. The Balaban J connectivity index is 1.29. The fourth-order valence-electron chi connectivity index (χ4n) is 11.5. The molecule has 0 saturated heterocycles. The van der Waals surface area contributed by atoms with E-state index in [0.29, 0.717) is 0 Å². The van der Waals surface area contributed by atoms with Crippen LogP contribution in [-0.2, 0) is 16.2 Å². The third-order valence-corrected chi connectivity index (χ3v) is 16.2. The Morgan fingerprint density at radius 2 is 1.25 bits per heavy atom. The molecule has 294 valence electrons. The van der Waals surface area contributed by atoms with E-state index in [1.807, 2.05) is 11.3 Å². The van der Waals surface area contributed by atoms with Gasteiger partial charge in [-0.2, -0.15) is 0 Å². The minimum absolute atomic E-state index is 0.00905. The summed E-state index contributed by atoms with van der Waals surface area (Å²) in [5, 5.41) is 1.36. The lowest BCUT2D eigenvalue weighted by molar-refractivity contribution is 0.195. The fourth-order valence-corrected chi connectivity index (χ4v) is 12.8. The lowest BCUT2D eigenvalue weighted by atomic mass is 9.36. The smallest absolute Gasteiger partial charge is 0.264 e. The van der Waals surface area contributed by atoms with Gasteiger partial charge in [0.15, 0.2) is 0 Å². The van der Waals surface area contributed by atoms with Crippen molar-refractivity contribution >= 4 is 72.3 Å². The molecule has 59 heavy (non-hydrogen) atoms. The van der Waals surface area contributed by atoms with Gasteiger partial charge in [-0.25, -0.2) is 0 Å². The van der Waals surface area contributed by atoms with Gasteiger partial charge in [-0.05, 0) is 130 Å². The molecule has 1 aliphatic carbocycles. The molecule has 4 heterocycles. The predicted octanol–water partition coefficient (Wildman–Crippen LogP) is 13.5. The third kappa shape index (κ3) is 5.18. The van der Waals surface area contributed by atoms with E-state index in [-0.39, 0.29) is 28.5 Å². The van der Waals surface area contributed by atoms with Gasteiger partial charge in [-0.15, -0.1) is 11.3 Å². The standard InChI is InChI=1S/C55H55BN2S/c1-34-28-45-48-46(29-34)58-50-42(54(8)26-16-17-27-55(54,58)9)30-37(35-18-12-10-13-19-35)31-43(50)56(48)51-49(41-33-39(53(5,6)7)23-25-47(41)59-51)57(45)44-24-22-38(52(2,3)4)32-40(44)36-20-14-11-15-21-36/h10-15,18-25,28-33H,16-17,26-27H2,1-9H3. The van der Waals surface area contributed by atoms with Crippen molar-refractivity contribution in [2.45, 2.75) is 110 Å². The molecule has 0 amide bonds. The quantitative estimate of drug-likeness (QED) is 0.165. The van der Waals surface area contributed by atoms with Crippen LogP contribution in [0.2, 0.25) is 0 Å². The van der Waals surface area contributed by atoms with Gasteiger partial charge in [0.05, 0.1) is 16.9 Å². The summed E-state index contributed by atoms with van der Waals surface area (Å²) in [7, 11) is 0. The molecule has 0 bridgehead atoms. The number of rotatable bonds is 3. The van der Waals surface area contributed by atoms with E-state index in [1.165, 1.54) is 119 Å². The highest BCUT2D eigenvalue weighted by Gasteiger charge is 2.61. The molecule has 4 aliphatic rings. The molecule has 4 heteroatoms. The van der Waals surface area contributed by atoms with Crippen LogP contribution in [0.15, 0.2) is 121 Å². The van der Waals surface area contributed by atoms with E-state index in [4.69, 9.17) is 0 Å². The van der Waals surface area contributed by atoms with Gasteiger partial charge >= 0.3 is 0 Å². The summed E-state index contributed by atoms with van der Waals surface area (Å²) in [6, 6.07) is 47.2. The maximum Gasteiger partial charge on any atom is 0.264 e. The first-order valence-corrected chi connectivity index (χ1v) is 22.7. The molecular weight excluding hydrogens is 731 g/mol. The molecule has 1 fully saturated rings. The van der Waals surface area contributed by atoms with Crippen molar-refractivity contribution in [1.82, 2.24) is 0 Å². The van der Waals surface area contributed by atoms with Crippen molar-refractivity contribution in [3.05, 3.63) is 144 Å². The van der Waals surface area contributed by atoms with E-state index in [0.717, 1.165) is 0 Å². The first-order valence-electron chi connectivity index (χ1n) is 21.9. The predicted molar refractivity (Wildman–Crippen MR) is 257 cm³/mol. The Morgan fingerprint density at radius 1 is 0.610 bits per heavy atom. The van der Waals surface area contributed by atoms with Gasteiger partial charge < -0.3 is 9.80 Å². The summed E-state index contributed by atoms with van der Waals surface area (Å²) in [6.45, 7) is 21.7. The first-order chi connectivity index (χ1) is 28.2. The van der Waals surface area contributed by atoms with E-state index >= 15 is 0 Å². The molecule has 3 aliphatic heterocycles. The Labute approximate surface area is 356 Å². The van der Waals surface area contributed by atoms with Crippen LogP contribution in [0.5, 0.6) is 0 Å². The Kier molecular flexibility index (Phi) is 7.83. The molecule has 0 N–H and O–H groups in total. The van der Waals surface area contributed by atoms with Crippen molar-refractivity contribution in [3.8, 4) is 22.3 Å². The summed E-state index contributed by atoms with van der Waals surface area (Å²) in [4.78, 5) is 5.59. The second-order valence-corrected chi connectivity index (χ2v) is 21.7. The molecule has 2 unspecified atom stereocenters. The van der Waals surface area contributed by atoms with Gasteiger partial charge in [-0.1, -0.05) is 140 Å². The van der Waals surface area contributed by atoms with Crippen LogP contribution in [-0.4, -0.2) is 12.3 Å². The highest BCUT2D eigenvalue weighted by Crippen LogP contribution is 2.63. The molecular formula is C55H55BN2S. The van der Waals surface area contributed by atoms with Crippen molar-refractivity contribution in [2.24, 2.45) is 0 Å². The lowest BCUT2D eigenvalue weighted by Crippen LogP contribution is -2.64. The summed E-state index contributed by atoms with van der Waals surface area (Å²) in [5.41, 5.74) is 20.5. The molecule has 0 radical (unpaired) electrons. The minimum atomic E-state index is -0.0411. The van der Waals surface area contributed by atoms with Crippen molar-refractivity contribution in [3.63, 3.8) is 0 Å². The van der Waals surface area contributed by atoms with Crippen LogP contribution in [0.4, 0.5) is 28.4 Å². The second kappa shape index (κ2) is 12.5. The number of nitrogens with zero attached hydrogens (tertiary/aromatic N) is 2. The summed E-state index contributed by atoms with van der Waals surface area (Å²) in [5.74, 6) is 0. The number of aryl methyl sites for hydroxylation is 1. The van der Waals surface area contributed by atoms with Crippen LogP contribution in [0.25, 0.3) is 32.3 Å². The monoisotopic (exact) mass is 786 g/mol. The summed E-state index contributed by atoms with van der Waals surface area (Å²) >= 11 is 2.03. The topological polar surface area (TPSA) is 6.48 Å². The van der Waals surface area contributed by atoms with Crippen LogP contribution in [0.1, 0.15) is 103 Å². The maximum atomic E-state index is 2.88. The zero-order valence-corrected chi connectivity index (χ0v) is 37.1. The number of thiophene rings is 1. The molecule has 6 aromatic carbocycles. The summed E-state index contributed by atoms with van der Waals surface area (Å²) < 4.78 is 2.82. The SMILES string of the molecule is Cc1cc2c3c(c1)N1c4c(cc(-c5ccccc5)cc4C4(C)CCCCC14C)B3c1sc3ccc(C(C)(C)C)cc3c1N2c1ccc(C(C)(C)C)cc1-c1ccccc1. The van der Waals surface area contributed by atoms with Crippen molar-refractivity contribution in [2.75, 3.05) is 9.80 Å². The number of hydrogen-bond acceptors (Lipinski definition) is 3. The molecule has 7 aromatic rings. The normalized spacial score (nSPS) is 20.4. The Morgan fingerprint density at radius 3 is 1.97 bits per heavy atom. The van der Waals surface area contributed by atoms with Gasteiger partial charge in [0.2, 0.25) is 0 Å². The van der Waals surface area contributed by atoms with E-state index in [1.54, 1.807) is 5.56 Å². The molecule has 1 saturated carbocycles. The summed E-state index contributed by atoms with van der Waals surface area (Å²) in [6.07, 6.45) is 4.93. The average Bonchev–Trinajstić information content (AvgIpc) is 3.69. The number of hydrogen-bond donors (Lipinski definition) is 0. The molecule has 11 rings (SSSR count). The highest BCUT2D eigenvalue weighted by molar-refractivity contribution is 7.33.